The van der Waals surface area contributed by atoms with Crippen LogP contribution in [0.3, 0.4) is 0 Å². The lowest BCUT2D eigenvalue weighted by Crippen LogP contribution is -2.38. The van der Waals surface area contributed by atoms with Crippen molar-refractivity contribution < 1.29 is 17.6 Å². The molecule has 80 valence electrons. The molecule has 1 nitrogen and oxygen atoms in total. The summed E-state index contributed by atoms with van der Waals surface area (Å²) in [5, 5.41) is 0. The highest BCUT2D eigenvalue weighted by Crippen LogP contribution is 2.32. The smallest absolute Gasteiger partial charge is 0.292 e. The monoisotopic (exact) mass is 201 g/mol. The zero-order valence-electron chi connectivity index (χ0n) is 8.03. The SMILES string of the molecule is CC.CN1CC(F)CC1C(F)(F)F. The zero-order chi connectivity index (χ0) is 10.6. The first-order valence-corrected chi connectivity index (χ1v) is 4.32. The summed E-state index contributed by atoms with van der Waals surface area (Å²) in [5.74, 6) is 0. The summed E-state index contributed by atoms with van der Waals surface area (Å²) in [7, 11) is 1.29. The molecule has 2 unspecified atom stereocenters. The molecule has 2 atom stereocenters. The average Bonchev–Trinajstić information content (AvgIpc) is 2.33. The molecular formula is C8H15F4N. The van der Waals surface area contributed by atoms with Crippen LogP contribution in [0, 0.1) is 0 Å². The minimum absolute atomic E-state index is 0.107. The van der Waals surface area contributed by atoms with Gasteiger partial charge in [-0.25, -0.2) is 4.39 Å². The van der Waals surface area contributed by atoms with Gasteiger partial charge >= 0.3 is 6.18 Å². The van der Waals surface area contributed by atoms with Gasteiger partial charge in [-0.2, -0.15) is 13.2 Å². The van der Waals surface area contributed by atoms with Crippen molar-refractivity contribution in [3.8, 4) is 0 Å². The maximum Gasteiger partial charge on any atom is 0.404 e. The Balaban J connectivity index is 0.000000671. The van der Waals surface area contributed by atoms with Gasteiger partial charge in [0.25, 0.3) is 0 Å². The number of nitrogens with zero attached hydrogens (tertiary/aromatic N) is 1. The molecule has 1 heterocycles. The van der Waals surface area contributed by atoms with E-state index in [1.165, 1.54) is 7.05 Å². The molecule has 1 aliphatic heterocycles. The molecule has 0 aromatic carbocycles. The van der Waals surface area contributed by atoms with Gasteiger partial charge in [-0.1, -0.05) is 13.8 Å². The van der Waals surface area contributed by atoms with Crippen LogP contribution in [0.2, 0.25) is 0 Å². The molecule has 1 rings (SSSR count). The van der Waals surface area contributed by atoms with E-state index in [1.807, 2.05) is 13.8 Å². The Labute approximate surface area is 75.7 Å². The maximum atomic E-state index is 12.4. The van der Waals surface area contributed by atoms with Gasteiger partial charge in [0.15, 0.2) is 0 Å². The first-order valence-electron chi connectivity index (χ1n) is 4.32. The minimum Gasteiger partial charge on any atom is -0.292 e. The van der Waals surface area contributed by atoms with E-state index >= 15 is 0 Å². The van der Waals surface area contributed by atoms with Crippen molar-refractivity contribution in [1.82, 2.24) is 4.90 Å². The van der Waals surface area contributed by atoms with E-state index in [9.17, 15) is 17.6 Å². The summed E-state index contributed by atoms with van der Waals surface area (Å²) in [6.45, 7) is 3.89. The van der Waals surface area contributed by atoms with Crippen LogP contribution in [0.15, 0.2) is 0 Å². The minimum atomic E-state index is -4.28. The average molecular weight is 201 g/mol. The summed E-state index contributed by atoms with van der Waals surface area (Å²) in [6, 6.07) is -1.59. The molecule has 0 N–H and O–H groups in total. The Hall–Kier alpha value is -0.320. The Morgan fingerprint density at radius 2 is 1.69 bits per heavy atom. The molecule has 5 heteroatoms. The molecule has 1 aliphatic rings. The Morgan fingerprint density at radius 1 is 1.23 bits per heavy atom. The van der Waals surface area contributed by atoms with Gasteiger partial charge in [0.05, 0.1) is 0 Å². The number of likely N-dealkylation sites (tertiary alicyclic amines) is 1. The molecule has 1 fully saturated rings. The molecule has 0 aromatic heterocycles. The third kappa shape index (κ3) is 3.50. The van der Waals surface area contributed by atoms with Crippen molar-refractivity contribution in [2.24, 2.45) is 0 Å². The highest BCUT2D eigenvalue weighted by atomic mass is 19.4. The number of rotatable bonds is 0. The summed E-state index contributed by atoms with van der Waals surface area (Å²) < 4.78 is 48.3. The first kappa shape index (κ1) is 12.7. The van der Waals surface area contributed by atoms with Crippen LogP contribution in [0.5, 0.6) is 0 Å². The van der Waals surface area contributed by atoms with Crippen LogP contribution in [-0.2, 0) is 0 Å². The molecule has 0 radical (unpaired) electrons. The zero-order valence-corrected chi connectivity index (χ0v) is 8.03. The standard InChI is InChI=1S/C6H9F4N.C2H6/c1-11-3-4(7)2-5(11)6(8,9)10;1-2/h4-5H,2-3H2,1H3;1-2H3. The van der Waals surface area contributed by atoms with Crippen LogP contribution < -0.4 is 0 Å². The lowest BCUT2D eigenvalue weighted by atomic mass is 10.2. The van der Waals surface area contributed by atoms with Gasteiger partial charge < -0.3 is 0 Å². The van der Waals surface area contributed by atoms with E-state index < -0.39 is 24.8 Å². The second kappa shape index (κ2) is 4.79. The van der Waals surface area contributed by atoms with Crippen molar-refractivity contribution in [2.75, 3.05) is 13.6 Å². The quantitative estimate of drug-likeness (QED) is 0.544. The van der Waals surface area contributed by atoms with E-state index in [2.05, 4.69) is 0 Å². The third-order valence-electron chi connectivity index (χ3n) is 1.88. The van der Waals surface area contributed by atoms with Crippen LogP contribution in [0.25, 0.3) is 0 Å². The predicted molar refractivity (Wildman–Crippen MR) is 43.3 cm³/mol. The first-order chi connectivity index (χ1) is 5.91. The van der Waals surface area contributed by atoms with Crippen molar-refractivity contribution in [3.63, 3.8) is 0 Å². The molecule has 0 amide bonds. The second-order valence-corrected chi connectivity index (χ2v) is 2.83. The fraction of sp³-hybridized carbons (Fsp3) is 1.00. The van der Waals surface area contributed by atoms with Crippen LogP contribution in [0.4, 0.5) is 17.6 Å². The number of alkyl halides is 4. The summed E-state index contributed by atoms with van der Waals surface area (Å²) in [5.41, 5.74) is 0. The van der Waals surface area contributed by atoms with Crippen molar-refractivity contribution in [1.29, 1.82) is 0 Å². The van der Waals surface area contributed by atoms with E-state index in [-0.39, 0.29) is 6.54 Å². The molecule has 0 bridgehead atoms. The Bertz CT molecular complexity index is 146. The van der Waals surface area contributed by atoms with Crippen LogP contribution in [-0.4, -0.2) is 36.9 Å². The fourth-order valence-corrected chi connectivity index (χ4v) is 1.32. The number of hydrogen-bond donors (Lipinski definition) is 0. The molecule has 0 saturated carbocycles. The highest BCUT2D eigenvalue weighted by Gasteiger charge is 2.47. The topological polar surface area (TPSA) is 3.24 Å². The molecule has 0 aromatic rings. The molecular weight excluding hydrogens is 186 g/mol. The van der Waals surface area contributed by atoms with E-state index in [0.29, 0.717) is 0 Å². The third-order valence-corrected chi connectivity index (χ3v) is 1.88. The molecule has 0 spiro atoms. The normalized spacial score (nSPS) is 29.8. The van der Waals surface area contributed by atoms with Gasteiger partial charge in [-0.05, 0) is 7.05 Å². The van der Waals surface area contributed by atoms with Gasteiger partial charge in [0.1, 0.15) is 12.2 Å². The molecule has 1 saturated heterocycles. The fourth-order valence-electron chi connectivity index (χ4n) is 1.32. The van der Waals surface area contributed by atoms with Crippen molar-refractivity contribution in [2.45, 2.75) is 38.7 Å². The number of hydrogen-bond acceptors (Lipinski definition) is 1. The predicted octanol–water partition coefficient (Wildman–Crippen LogP) is 2.62. The van der Waals surface area contributed by atoms with Gasteiger partial charge in [-0.15, -0.1) is 0 Å². The highest BCUT2D eigenvalue weighted by molar-refractivity contribution is 4.87. The van der Waals surface area contributed by atoms with E-state index in [1.54, 1.807) is 0 Å². The lowest BCUT2D eigenvalue weighted by Gasteiger charge is -2.21. The lowest BCUT2D eigenvalue weighted by molar-refractivity contribution is -0.172. The van der Waals surface area contributed by atoms with Crippen molar-refractivity contribution >= 4 is 0 Å². The van der Waals surface area contributed by atoms with Gasteiger partial charge in [0, 0.05) is 13.0 Å². The summed E-state index contributed by atoms with van der Waals surface area (Å²) >= 11 is 0. The second-order valence-electron chi connectivity index (χ2n) is 2.83. The molecule has 0 aliphatic carbocycles. The van der Waals surface area contributed by atoms with Gasteiger partial charge in [0.2, 0.25) is 0 Å². The molecule has 13 heavy (non-hydrogen) atoms. The largest absolute Gasteiger partial charge is 0.404 e. The maximum absolute atomic E-state index is 12.4. The Morgan fingerprint density at radius 3 is 1.85 bits per heavy atom. The number of halogens is 4. The van der Waals surface area contributed by atoms with Gasteiger partial charge in [-0.3, -0.25) is 4.90 Å². The van der Waals surface area contributed by atoms with Crippen LogP contribution >= 0.6 is 0 Å². The van der Waals surface area contributed by atoms with E-state index in [0.717, 1.165) is 4.90 Å². The summed E-state index contributed by atoms with van der Waals surface area (Å²) in [6.07, 6.45) is -6.03. The summed E-state index contributed by atoms with van der Waals surface area (Å²) in [4.78, 5) is 1.00. The van der Waals surface area contributed by atoms with Crippen LogP contribution in [0.1, 0.15) is 20.3 Å². The van der Waals surface area contributed by atoms with Crippen molar-refractivity contribution in [3.05, 3.63) is 0 Å². The van der Waals surface area contributed by atoms with E-state index in [4.69, 9.17) is 0 Å². The Kier molecular flexibility index (Phi) is 4.67.